The third kappa shape index (κ3) is 4.35. The van der Waals surface area contributed by atoms with Gasteiger partial charge >= 0.3 is 0 Å². The first-order valence-electron chi connectivity index (χ1n) is 9.38. The quantitative estimate of drug-likeness (QED) is 0.747. The van der Waals surface area contributed by atoms with Crippen LogP contribution < -0.4 is 5.32 Å². The lowest BCUT2D eigenvalue weighted by Gasteiger charge is -2.30. The normalized spacial score (nSPS) is 19.0. The van der Waals surface area contributed by atoms with Crippen molar-refractivity contribution in [2.45, 2.75) is 26.2 Å². The molecule has 1 N–H and O–H groups in total. The second-order valence-corrected chi connectivity index (χ2v) is 7.73. The fourth-order valence-corrected chi connectivity index (χ4v) is 4.32. The number of nitrogens with one attached hydrogen (secondary N) is 1. The summed E-state index contributed by atoms with van der Waals surface area (Å²) in [6.07, 6.45) is 1.00. The number of nitrogens with zero attached hydrogens (tertiary/aromatic N) is 2. The van der Waals surface area contributed by atoms with Gasteiger partial charge in [0.2, 0.25) is 0 Å². The lowest BCUT2D eigenvalue weighted by atomic mass is 9.78. The molecule has 142 valence electrons. The summed E-state index contributed by atoms with van der Waals surface area (Å²) in [5, 5.41) is 13.7. The van der Waals surface area contributed by atoms with Crippen molar-refractivity contribution in [1.82, 2.24) is 0 Å². The van der Waals surface area contributed by atoms with Gasteiger partial charge in [0.25, 0.3) is 5.91 Å². The van der Waals surface area contributed by atoms with E-state index in [1.165, 1.54) is 0 Å². The number of hydrogen-bond donors (Lipinski definition) is 1. The van der Waals surface area contributed by atoms with Crippen LogP contribution in [0.1, 0.15) is 31.7 Å². The van der Waals surface area contributed by atoms with Gasteiger partial charge in [-0.1, -0.05) is 55.5 Å². The molecule has 1 aliphatic rings. The van der Waals surface area contributed by atoms with Gasteiger partial charge in [-0.2, -0.15) is 5.26 Å². The van der Waals surface area contributed by atoms with Gasteiger partial charge in [-0.15, -0.1) is 11.8 Å². The second kappa shape index (κ2) is 9.38. The van der Waals surface area contributed by atoms with Crippen LogP contribution in [0.5, 0.6) is 0 Å². The highest BCUT2D eigenvalue weighted by Gasteiger charge is 2.38. The molecule has 0 saturated heterocycles. The maximum absolute atomic E-state index is 13.2. The first kappa shape index (κ1) is 19.9. The molecule has 0 radical (unpaired) electrons. The molecule has 1 unspecified atom stereocenters. The van der Waals surface area contributed by atoms with Gasteiger partial charge in [0, 0.05) is 22.9 Å². The summed E-state index contributed by atoms with van der Waals surface area (Å²) in [5.41, 5.74) is 2.91. The second-order valence-electron chi connectivity index (χ2n) is 6.61. The molecule has 2 atom stereocenters. The monoisotopic (exact) mass is 389 g/mol. The third-order valence-electron chi connectivity index (χ3n) is 4.61. The number of amides is 1. The van der Waals surface area contributed by atoms with E-state index in [-0.39, 0.29) is 11.8 Å². The average Bonchev–Trinajstić information content (AvgIpc) is 2.72. The number of carbonyl (C=O) groups is 1. The number of para-hydroxylation sites is 1. The summed E-state index contributed by atoms with van der Waals surface area (Å²) in [4.78, 5) is 17.9. The molecule has 2 aromatic carbocycles. The van der Waals surface area contributed by atoms with E-state index < -0.39 is 5.92 Å². The van der Waals surface area contributed by atoms with Crippen molar-refractivity contribution < 1.29 is 4.79 Å². The largest absolute Gasteiger partial charge is 0.322 e. The SMILES string of the molecule is CCCSC1=NC(C)=C(C(=O)Nc2ccccc2)[C@H](c2ccccc2)C1C#N. The molecule has 0 aliphatic carbocycles. The Morgan fingerprint density at radius 1 is 1.14 bits per heavy atom. The van der Waals surface area contributed by atoms with Gasteiger partial charge in [0.05, 0.1) is 11.1 Å². The minimum absolute atomic E-state index is 0.207. The Labute approximate surface area is 170 Å². The maximum Gasteiger partial charge on any atom is 0.254 e. The highest BCUT2D eigenvalue weighted by molar-refractivity contribution is 8.14. The van der Waals surface area contributed by atoms with E-state index in [0.717, 1.165) is 28.5 Å². The van der Waals surface area contributed by atoms with Gasteiger partial charge in [0.1, 0.15) is 5.92 Å². The van der Waals surface area contributed by atoms with Crippen LogP contribution in [0.3, 0.4) is 0 Å². The van der Waals surface area contributed by atoms with Crippen molar-refractivity contribution in [2.75, 3.05) is 11.1 Å². The zero-order valence-corrected chi connectivity index (χ0v) is 16.9. The molecular formula is C23H23N3OS. The molecule has 28 heavy (non-hydrogen) atoms. The van der Waals surface area contributed by atoms with E-state index >= 15 is 0 Å². The summed E-state index contributed by atoms with van der Waals surface area (Å²) in [6.45, 7) is 3.96. The molecule has 0 bridgehead atoms. The van der Waals surface area contributed by atoms with Gasteiger partial charge in [-0.05, 0) is 36.8 Å². The van der Waals surface area contributed by atoms with Gasteiger partial charge < -0.3 is 5.32 Å². The number of hydrogen-bond acceptors (Lipinski definition) is 4. The maximum atomic E-state index is 13.2. The Bertz CT molecular complexity index is 929. The summed E-state index contributed by atoms with van der Waals surface area (Å²) in [7, 11) is 0. The Hall–Kier alpha value is -2.84. The number of anilines is 1. The summed E-state index contributed by atoms with van der Waals surface area (Å²) < 4.78 is 0. The molecule has 0 spiro atoms. The van der Waals surface area contributed by atoms with Crippen molar-refractivity contribution in [3.63, 3.8) is 0 Å². The van der Waals surface area contributed by atoms with E-state index in [9.17, 15) is 10.1 Å². The van der Waals surface area contributed by atoms with E-state index in [1.807, 2.05) is 67.6 Å². The third-order valence-corrected chi connectivity index (χ3v) is 5.86. The number of aliphatic imine (C=N–C) groups is 1. The van der Waals surface area contributed by atoms with E-state index in [0.29, 0.717) is 11.3 Å². The van der Waals surface area contributed by atoms with Gasteiger partial charge in [0.15, 0.2) is 0 Å². The Kier molecular flexibility index (Phi) is 6.67. The van der Waals surface area contributed by atoms with E-state index in [1.54, 1.807) is 11.8 Å². The molecule has 1 aliphatic heterocycles. The van der Waals surface area contributed by atoms with Crippen molar-refractivity contribution in [3.05, 3.63) is 77.5 Å². The average molecular weight is 390 g/mol. The highest BCUT2D eigenvalue weighted by atomic mass is 32.2. The van der Waals surface area contributed by atoms with E-state index in [4.69, 9.17) is 0 Å². The van der Waals surface area contributed by atoms with Crippen LogP contribution in [0.15, 0.2) is 76.9 Å². The fourth-order valence-electron chi connectivity index (χ4n) is 3.33. The molecule has 4 nitrogen and oxygen atoms in total. The molecule has 0 aromatic heterocycles. The predicted octanol–water partition coefficient (Wildman–Crippen LogP) is 5.38. The van der Waals surface area contributed by atoms with Crippen LogP contribution in [0, 0.1) is 17.2 Å². The summed E-state index contributed by atoms with van der Waals surface area (Å²) in [6, 6.07) is 21.5. The lowest BCUT2D eigenvalue weighted by molar-refractivity contribution is -0.113. The summed E-state index contributed by atoms with van der Waals surface area (Å²) >= 11 is 1.61. The predicted molar refractivity (Wildman–Crippen MR) is 116 cm³/mol. The van der Waals surface area contributed by atoms with Crippen molar-refractivity contribution >= 4 is 28.4 Å². The standard InChI is InChI=1S/C23H23N3OS/c1-3-14-28-23-19(15-24)21(17-10-6-4-7-11-17)20(16(2)25-23)22(27)26-18-12-8-5-9-13-18/h4-13,19,21H,3,14H2,1-2H3,(H,26,27)/t19?,21-/m1/s1. The highest BCUT2D eigenvalue weighted by Crippen LogP contribution is 2.41. The minimum Gasteiger partial charge on any atom is -0.322 e. The van der Waals surface area contributed by atoms with Crippen LogP contribution >= 0.6 is 11.8 Å². The molecule has 0 fully saturated rings. The van der Waals surface area contributed by atoms with Crippen LogP contribution in [0.4, 0.5) is 5.69 Å². The van der Waals surface area contributed by atoms with Crippen LogP contribution in [-0.4, -0.2) is 16.7 Å². The van der Waals surface area contributed by atoms with Crippen LogP contribution in [-0.2, 0) is 4.79 Å². The first-order valence-corrected chi connectivity index (χ1v) is 10.4. The van der Waals surface area contributed by atoms with Crippen LogP contribution in [0.2, 0.25) is 0 Å². The molecular weight excluding hydrogens is 366 g/mol. The number of thioether (sulfide) groups is 1. The smallest absolute Gasteiger partial charge is 0.254 e. The van der Waals surface area contributed by atoms with Gasteiger partial charge in [-0.25, -0.2) is 4.99 Å². The first-order chi connectivity index (χ1) is 13.7. The molecule has 5 heteroatoms. The fraction of sp³-hybridized carbons (Fsp3) is 0.261. The zero-order chi connectivity index (χ0) is 19.9. The number of benzene rings is 2. The Morgan fingerprint density at radius 3 is 2.39 bits per heavy atom. The number of carbonyl (C=O) groups excluding carboxylic acids is 1. The topological polar surface area (TPSA) is 65.2 Å². The molecule has 2 aromatic rings. The molecule has 3 rings (SSSR count). The molecule has 0 saturated carbocycles. The Morgan fingerprint density at radius 2 is 1.79 bits per heavy atom. The van der Waals surface area contributed by atoms with Crippen molar-refractivity contribution in [2.24, 2.45) is 10.9 Å². The Balaban J connectivity index is 2.05. The van der Waals surface area contributed by atoms with E-state index in [2.05, 4.69) is 23.3 Å². The van der Waals surface area contributed by atoms with Gasteiger partial charge in [-0.3, -0.25) is 4.79 Å². The molecule has 1 heterocycles. The van der Waals surface area contributed by atoms with Crippen molar-refractivity contribution in [1.29, 1.82) is 5.26 Å². The zero-order valence-electron chi connectivity index (χ0n) is 16.1. The van der Waals surface area contributed by atoms with Crippen LogP contribution in [0.25, 0.3) is 0 Å². The van der Waals surface area contributed by atoms with Crippen molar-refractivity contribution in [3.8, 4) is 6.07 Å². The number of rotatable bonds is 5. The lowest BCUT2D eigenvalue weighted by Crippen LogP contribution is -2.31. The number of allylic oxidation sites excluding steroid dienone is 1. The molecule has 1 amide bonds. The summed E-state index contributed by atoms with van der Waals surface area (Å²) in [5.74, 6) is -0.121. The minimum atomic E-state index is -0.473. The number of nitriles is 1.